The summed E-state index contributed by atoms with van der Waals surface area (Å²) >= 11 is 0. The van der Waals surface area contributed by atoms with Gasteiger partial charge in [-0.15, -0.1) is 0 Å². The van der Waals surface area contributed by atoms with Crippen molar-refractivity contribution in [1.82, 2.24) is 0 Å². The summed E-state index contributed by atoms with van der Waals surface area (Å²) in [7, 11) is 0. The van der Waals surface area contributed by atoms with Gasteiger partial charge in [-0.05, 0) is 217 Å². The number of hydrogen-bond acceptors (Lipinski definition) is 4. The fourth-order valence-corrected chi connectivity index (χ4v) is 16.7. The van der Waals surface area contributed by atoms with Crippen molar-refractivity contribution in [1.29, 1.82) is 0 Å². The summed E-state index contributed by atoms with van der Waals surface area (Å²) in [4.78, 5) is 7.78. The maximum Gasteiger partial charge on any atom is 0.257 e. The molecule has 412 valence electrons. The zero-order valence-electron chi connectivity index (χ0n) is 50.9. The summed E-state index contributed by atoms with van der Waals surface area (Å²) in [5, 5.41) is 1.25. The first-order valence-corrected chi connectivity index (χ1v) is 30.8. The molecule has 5 heteroatoms. The van der Waals surface area contributed by atoms with Crippen LogP contribution in [0.25, 0.3) is 22.1 Å². The monoisotopic (exact) mass is 1070 g/mol. The quantitative estimate of drug-likeness (QED) is 0.155. The van der Waals surface area contributed by atoms with E-state index in [-0.39, 0.29) is 44.6 Å². The molecule has 2 atom stereocenters. The van der Waals surface area contributed by atoms with Crippen molar-refractivity contribution in [3.05, 3.63) is 203 Å². The van der Waals surface area contributed by atoms with Crippen molar-refractivity contribution in [3.8, 4) is 11.1 Å². The highest BCUT2D eigenvalue weighted by Crippen LogP contribution is 2.62. The second-order valence-electron chi connectivity index (χ2n) is 30.1. The Labute approximate surface area is 488 Å². The molecular formula is C77H80BN3O. The van der Waals surface area contributed by atoms with E-state index in [2.05, 4.69) is 269 Å². The normalized spacial score (nSPS) is 21.8. The Kier molecular flexibility index (Phi) is 10.8. The molecule has 0 saturated heterocycles. The van der Waals surface area contributed by atoms with Crippen LogP contribution in [0.1, 0.15) is 174 Å². The topological polar surface area (TPSA) is 22.9 Å². The van der Waals surface area contributed by atoms with Gasteiger partial charge in [0, 0.05) is 50.5 Å². The Balaban J connectivity index is 1.12. The van der Waals surface area contributed by atoms with Gasteiger partial charge in [-0.1, -0.05) is 175 Å². The van der Waals surface area contributed by atoms with E-state index < -0.39 is 0 Å². The van der Waals surface area contributed by atoms with Gasteiger partial charge in [0.25, 0.3) is 6.71 Å². The molecule has 2 unspecified atom stereocenters. The third kappa shape index (κ3) is 7.48. The highest BCUT2D eigenvalue weighted by atomic mass is 16.4. The second kappa shape index (κ2) is 17.2. The van der Waals surface area contributed by atoms with E-state index >= 15 is 0 Å². The first kappa shape index (κ1) is 51.6. The number of nitrogens with zero attached hydrogens (tertiary/aromatic N) is 3. The lowest BCUT2D eigenvalue weighted by atomic mass is 9.33. The molecule has 0 radical (unpaired) electrons. The minimum Gasteiger partial charge on any atom is -0.440 e. The Hall–Kier alpha value is -7.24. The first-order valence-electron chi connectivity index (χ1n) is 30.8. The van der Waals surface area contributed by atoms with Gasteiger partial charge < -0.3 is 14.2 Å². The Morgan fingerprint density at radius 3 is 1.57 bits per heavy atom. The fraction of sp³-hybridized carbons (Fsp3) is 0.351. The molecule has 0 amide bonds. The number of furan rings is 1. The van der Waals surface area contributed by atoms with Crippen molar-refractivity contribution in [3.63, 3.8) is 0 Å². The lowest BCUT2D eigenvalue weighted by molar-refractivity contribution is 0.332. The third-order valence-corrected chi connectivity index (χ3v) is 21.7. The largest absolute Gasteiger partial charge is 0.440 e. The molecule has 6 aliphatic rings. The minimum atomic E-state index is -0.150. The molecule has 82 heavy (non-hydrogen) atoms. The van der Waals surface area contributed by atoms with Crippen LogP contribution in [0.5, 0.6) is 0 Å². The molecule has 1 saturated carbocycles. The first-order chi connectivity index (χ1) is 38.9. The van der Waals surface area contributed by atoms with E-state index in [4.69, 9.17) is 4.42 Å². The number of benzene rings is 8. The summed E-state index contributed by atoms with van der Waals surface area (Å²) in [5.74, 6) is 0.934. The predicted molar refractivity (Wildman–Crippen MR) is 348 cm³/mol. The van der Waals surface area contributed by atoms with Crippen molar-refractivity contribution in [2.45, 2.75) is 173 Å². The van der Waals surface area contributed by atoms with E-state index in [1.54, 1.807) is 0 Å². The summed E-state index contributed by atoms with van der Waals surface area (Å²) in [5.41, 5.74) is 26.9. The average Bonchev–Trinajstić information content (AvgIpc) is 1.70. The second-order valence-corrected chi connectivity index (χ2v) is 30.1. The van der Waals surface area contributed by atoms with Gasteiger partial charge in [0.1, 0.15) is 5.58 Å². The molecular weight excluding hydrogens is 994 g/mol. The van der Waals surface area contributed by atoms with Gasteiger partial charge in [-0.25, -0.2) is 0 Å². The molecule has 0 N–H and O–H groups in total. The van der Waals surface area contributed by atoms with Crippen LogP contribution >= 0.6 is 0 Å². The summed E-state index contributed by atoms with van der Waals surface area (Å²) < 4.78 is 7.83. The van der Waals surface area contributed by atoms with Crippen molar-refractivity contribution < 1.29 is 4.42 Å². The van der Waals surface area contributed by atoms with E-state index in [1.807, 2.05) is 0 Å². The molecule has 3 heterocycles. The van der Waals surface area contributed by atoms with Crippen molar-refractivity contribution >= 4 is 85.5 Å². The summed E-state index contributed by atoms with van der Waals surface area (Å²) in [6, 6.07) is 63.7. The lowest BCUT2D eigenvalue weighted by Crippen LogP contribution is -2.61. The summed E-state index contributed by atoms with van der Waals surface area (Å²) in [6.45, 7) is 31.8. The molecule has 2 bridgehead atoms. The van der Waals surface area contributed by atoms with Gasteiger partial charge in [0.15, 0.2) is 0 Å². The molecule has 9 aromatic rings. The molecule has 8 aromatic carbocycles. The predicted octanol–water partition coefficient (Wildman–Crippen LogP) is 19.4. The zero-order valence-corrected chi connectivity index (χ0v) is 50.9. The molecule has 1 aromatic heterocycles. The number of rotatable bonds is 6. The Morgan fingerprint density at radius 2 is 0.976 bits per heavy atom. The van der Waals surface area contributed by atoms with Crippen molar-refractivity contribution in [2.75, 3.05) is 14.7 Å². The van der Waals surface area contributed by atoms with Crippen LogP contribution in [-0.2, 0) is 37.9 Å². The highest BCUT2D eigenvalue weighted by molar-refractivity contribution is 7.01. The number of hydrogen-bond donors (Lipinski definition) is 0. The van der Waals surface area contributed by atoms with E-state index in [0.29, 0.717) is 0 Å². The highest BCUT2D eigenvalue weighted by Gasteiger charge is 2.55. The SMILES string of the molecule is CC(C)(C)c1ccc2c(c1)B1c3c(cc(N(c4ccccc4)c4ccccc4)cc3N(c3ccc4c(c3)C(C)(C)CCC4(C)C)c3oc4cc5c(cc4c31)C1(C)CCC5(C)C1)N2c1cc2c(cc1-c1ccccc1)C(C)(C)CCC2(C)C. The minimum absolute atomic E-state index is 0.0104. The van der Waals surface area contributed by atoms with E-state index in [0.717, 1.165) is 65.6 Å². The van der Waals surface area contributed by atoms with Crippen LogP contribution in [0.2, 0.25) is 0 Å². The third-order valence-electron chi connectivity index (χ3n) is 21.7. The maximum atomic E-state index is 7.83. The zero-order chi connectivity index (χ0) is 56.8. The van der Waals surface area contributed by atoms with Crippen LogP contribution in [0.3, 0.4) is 0 Å². The van der Waals surface area contributed by atoms with Gasteiger partial charge >= 0.3 is 0 Å². The van der Waals surface area contributed by atoms with Crippen LogP contribution in [-0.4, -0.2) is 6.71 Å². The average molecular weight is 1070 g/mol. The van der Waals surface area contributed by atoms with Gasteiger partial charge in [-0.2, -0.15) is 0 Å². The lowest BCUT2D eigenvalue weighted by Gasteiger charge is -2.46. The Bertz CT molecular complexity index is 4080. The molecule has 15 rings (SSSR count). The molecule has 4 nitrogen and oxygen atoms in total. The standard InChI is InChI=1S/C77H80BN3O/c1-71(2,3)49-29-32-63-62(39-49)78-68-55-44-60-61(77(13)38-37-76(60,12)47-77)46-67(55)82-70(68)80(52-30-31-56-57(40-52)73(6,7)34-33-72(56,4)5)65-41-53(79(50-25-19-15-20-26-50)51-27-21-16-22-28-51)42-66(69(65)78)81(63)64-45-59-58(74(8,9)35-36-75(59,10)11)43-54(64)48-23-17-14-18-24-48/h14-32,39-46H,33-38,47H2,1-13H3. The Morgan fingerprint density at radius 1 is 0.439 bits per heavy atom. The van der Waals surface area contributed by atoms with E-state index in [1.165, 1.54) is 108 Å². The van der Waals surface area contributed by atoms with E-state index in [9.17, 15) is 0 Å². The van der Waals surface area contributed by atoms with Crippen LogP contribution in [0, 0.1) is 0 Å². The molecule has 1 fully saturated rings. The number of fused-ring (bicyclic) bond motifs is 13. The molecule has 0 spiro atoms. The van der Waals surface area contributed by atoms with Crippen LogP contribution in [0.15, 0.2) is 168 Å². The van der Waals surface area contributed by atoms with Crippen molar-refractivity contribution in [2.24, 2.45) is 0 Å². The molecule has 2 aliphatic heterocycles. The van der Waals surface area contributed by atoms with Crippen LogP contribution in [0.4, 0.5) is 51.4 Å². The van der Waals surface area contributed by atoms with Gasteiger partial charge in [0.2, 0.25) is 5.88 Å². The number of para-hydroxylation sites is 2. The fourth-order valence-electron chi connectivity index (χ4n) is 16.7. The maximum absolute atomic E-state index is 7.83. The summed E-state index contributed by atoms with van der Waals surface area (Å²) in [6.07, 6.45) is 8.19. The van der Waals surface area contributed by atoms with Gasteiger partial charge in [-0.3, -0.25) is 4.90 Å². The van der Waals surface area contributed by atoms with Gasteiger partial charge in [0.05, 0.1) is 11.4 Å². The van der Waals surface area contributed by atoms with Crippen LogP contribution < -0.4 is 31.1 Å². The molecule has 4 aliphatic carbocycles. The number of anilines is 9. The smallest absolute Gasteiger partial charge is 0.257 e.